The molecule has 0 saturated carbocycles. The van der Waals surface area contributed by atoms with Crippen LogP contribution >= 0.6 is 0 Å². The minimum absolute atomic E-state index is 0.0651. The van der Waals surface area contributed by atoms with Gasteiger partial charge in [-0.1, -0.05) is 37.3 Å². The Labute approximate surface area is 153 Å². The van der Waals surface area contributed by atoms with E-state index in [-0.39, 0.29) is 18.3 Å². The number of hydrogen-bond donors (Lipinski definition) is 0. The number of anilines is 1. The number of likely N-dealkylation sites (N-methyl/N-ethyl adjacent to an activating group) is 1. The summed E-state index contributed by atoms with van der Waals surface area (Å²) in [6.45, 7) is 1.76. The van der Waals surface area contributed by atoms with Crippen molar-refractivity contribution in [3.63, 3.8) is 0 Å². The topological polar surface area (TPSA) is 46.6 Å². The van der Waals surface area contributed by atoms with Gasteiger partial charge in [0, 0.05) is 24.7 Å². The van der Waals surface area contributed by atoms with Crippen molar-refractivity contribution in [2.45, 2.75) is 13.3 Å². The van der Waals surface area contributed by atoms with Gasteiger partial charge in [-0.15, -0.1) is 0 Å². The fourth-order valence-corrected chi connectivity index (χ4v) is 2.71. The molecule has 0 saturated heterocycles. The number of carbonyl (C=O) groups excluding carboxylic acids is 2. The fourth-order valence-electron chi connectivity index (χ4n) is 2.71. The van der Waals surface area contributed by atoms with Crippen LogP contribution in [0.3, 0.4) is 0 Å². The highest BCUT2D eigenvalue weighted by atomic mass is 16.5. The summed E-state index contributed by atoms with van der Waals surface area (Å²) >= 11 is 0. The standard InChI is InChI=1S/C22H21NO3/c1-3-21(24)17-9-12-20(13-10-17)26-15-22(25)23(2)19-11-8-16-6-4-5-7-18(16)14-19/h4-14H,3,15H2,1-2H3. The molecule has 1 amide bonds. The first kappa shape index (κ1) is 17.7. The second-order valence-corrected chi connectivity index (χ2v) is 6.07. The summed E-state index contributed by atoms with van der Waals surface area (Å²) in [6, 6.07) is 20.8. The van der Waals surface area contributed by atoms with E-state index in [4.69, 9.17) is 4.74 Å². The van der Waals surface area contributed by atoms with Gasteiger partial charge in [0.05, 0.1) is 0 Å². The number of benzene rings is 3. The largest absolute Gasteiger partial charge is 0.484 e. The van der Waals surface area contributed by atoms with Crippen molar-refractivity contribution in [3.8, 4) is 5.75 Å². The monoisotopic (exact) mass is 347 g/mol. The molecular weight excluding hydrogens is 326 g/mol. The SMILES string of the molecule is CCC(=O)c1ccc(OCC(=O)N(C)c2ccc3ccccc3c2)cc1. The number of fused-ring (bicyclic) bond motifs is 1. The van der Waals surface area contributed by atoms with E-state index in [1.165, 1.54) is 0 Å². The highest BCUT2D eigenvalue weighted by Crippen LogP contribution is 2.21. The Hall–Kier alpha value is -3.14. The van der Waals surface area contributed by atoms with E-state index < -0.39 is 0 Å². The van der Waals surface area contributed by atoms with Gasteiger partial charge >= 0.3 is 0 Å². The number of Topliss-reactive ketones (excluding diaryl/α,β-unsaturated/α-hetero) is 1. The average molecular weight is 347 g/mol. The molecule has 0 aromatic heterocycles. The Morgan fingerprint density at radius 2 is 1.62 bits per heavy atom. The molecule has 0 N–H and O–H groups in total. The number of hydrogen-bond acceptors (Lipinski definition) is 3. The Balaban J connectivity index is 1.64. The predicted molar refractivity (Wildman–Crippen MR) is 104 cm³/mol. The van der Waals surface area contributed by atoms with Crippen molar-refractivity contribution in [2.75, 3.05) is 18.6 Å². The Bertz CT molecular complexity index is 932. The average Bonchev–Trinajstić information content (AvgIpc) is 2.70. The molecule has 3 aromatic rings. The van der Waals surface area contributed by atoms with Gasteiger partial charge in [-0.3, -0.25) is 9.59 Å². The number of rotatable bonds is 6. The van der Waals surface area contributed by atoms with Crippen molar-refractivity contribution in [2.24, 2.45) is 0 Å². The Morgan fingerprint density at radius 3 is 2.31 bits per heavy atom. The first-order chi connectivity index (χ1) is 12.6. The number of amides is 1. The Morgan fingerprint density at radius 1 is 0.923 bits per heavy atom. The summed E-state index contributed by atoms with van der Waals surface area (Å²) in [6.07, 6.45) is 0.468. The third-order valence-corrected chi connectivity index (χ3v) is 4.35. The highest BCUT2D eigenvalue weighted by Gasteiger charge is 2.12. The van der Waals surface area contributed by atoms with Gasteiger partial charge in [0.2, 0.25) is 0 Å². The first-order valence-corrected chi connectivity index (χ1v) is 8.60. The molecule has 0 heterocycles. The second-order valence-electron chi connectivity index (χ2n) is 6.07. The molecule has 132 valence electrons. The molecule has 3 rings (SSSR count). The molecule has 0 atom stereocenters. The van der Waals surface area contributed by atoms with Crippen LogP contribution in [0.4, 0.5) is 5.69 Å². The third-order valence-electron chi connectivity index (χ3n) is 4.35. The van der Waals surface area contributed by atoms with Gasteiger partial charge < -0.3 is 9.64 Å². The minimum Gasteiger partial charge on any atom is -0.484 e. The van der Waals surface area contributed by atoms with Gasteiger partial charge in [0.1, 0.15) is 5.75 Å². The van der Waals surface area contributed by atoms with Crippen LogP contribution in [0.2, 0.25) is 0 Å². The van der Waals surface area contributed by atoms with E-state index in [0.717, 1.165) is 16.5 Å². The zero-order valence-corrected chi connectivity index (χ0v) is 14.9. The summed E-state index contributed by atoms with van der Waals surface area (Å²) < 4.78 is 5.56. The summed E-state index contributed by atoms with van der Waals surface area (Å²) in [5.74, 6) is 0.510. The third kappa shape index (κ3) is 3.91. The highest BCUT2D eigenvalue weighted by molar-refractivity contribution is 5.97. The van der Waals surface area contributed by atoms with E-state index >= 15 is 0 Å². The second kappa shape index (κ2) is 7.83. The Kier molecular flexibility index (Phi) is 5.32. The van der Waals surface area contributed by atoms with E-state index in [1.807, 2.05) is 49.4 Å². The van der Waals surface area contributed by atoms with Crippen molar-refractivity contribution in [1.82, 2.24) is 0 Å². The molecule has 0 fully saturated rings. The van der Waals surface area contributed by atoms with Crippen molar-refractivity contribution >= 4 is 28.2 Å². The number of ether oxygens (including phenoxy) is 1. The van der Waals surface area contributed by atoms with Crippen molar-refractivity contribution in [1.29, 1.82) is 0 Å². The lowest BCUT2D eigenvalue weighted by molar-refractivity contribution is -0.120. The van der Waals surface area contributed by atoms with Crippen LogP contribution in [0.5, 0.6) is 5.75 Å². The van der Waals surface area contributed by atoms with Crippen LogP contribution < -0.4 is 9.64 Å². The molecule has 4 heteroatoms. The predicted octanol–water partition coefficient (Wildman–Crippen LogP) is 4.47. The molecule has 0 unspecified atom stereocenters. The van der Waals surface area contributed by atoms with Crippen LogP contribution in [0.1, 0.15) is 23.7 Å². The zero-order chi connectivity index (χ0) is 18.5. The van der Waals surface area contributed by atoms with Crippen LogP contribution in [-0.4, -0.2) is 25.3 Å². The van der Waals surface area contributed by atoms with E-state index in [1.54, 1.807) is 36.2 Å². The summed E-state index contributed by atoms with van der Waals surface area (Å²) in [7, 11) is 1.73. The molecule has 26 heavy (non-hydrogen) atoms. The molecule has 0 bridgehead atoms. The van der Waals surface area contributed by atoms with Gasteiger partial charge in [-0.05, 0) is 47.2 Å². The quantitative estimate of drug-likeness (QED) is 0.618. The minimum atomic E-state index is -0.144. The van der Waals surface area contributed by atoms with Gasteiger partial charge in [0.15, 0.2) is 12.4 Å². The van der Waals surface area contributed by atoms with Crippen LogP contribution in [0.15, 0.2) is 66.7 Å². The molecule has 0 aliphatic heterocycles. The van der Waals surface area contributed by atoms with Gasteiger partial charge in [-0.25, -0.2) is 0 Å². The number of nitrogens with zero attached hydrogens (tertiary/aromatic N) is 1. The molecule has 0 aliphatic rings. The van der Waals surface area contributed by atoms with Gasteiger partial charge in [-0.2, -0.15) is 0 Å². The number of carbonyl (C=O) groups is 2. The lowest BCUT2D eigenvalue weighted by Crippen LogP contribution is -2.31. The van der Waals surface area contributed by atoms with Crippen molar-refractivity contribution in [3.05, 3.63) is 72.3 Å². The summed E-state index contributed by atoms with van der Waals surface area (Å²) in [4.78, 5) is 25.6. The zero-order valence-electron chi connectivity index (χ0n) is 14.9. The maximum Gasteiger partial charge on any atom is 0.264 e. The first-order valence-electron chi connectivity index (χ1n) is 8.60. The van der Waals surface area contributed by atoms with E-state index in [9.17, 15) is 9.59 Å². The normalized spacial score (nSPS) is 10.5. The maximum atomic E-state index is 12.4. The number of ketones is 1. The van der Waals surface area contributed by atoms with Crippen LogP contribution in [0, 0.1) is 0 Å². The molecule has 0 aliphatic carbocycles. The molecule has 0 radical (unpaired) electrons. The van der Waals surface area contributed by atoms with Crippen molar-refractivity contribution < 1.29 is 14.3 Å². The molecule has 3 aromatic carbocycles. The molecular formula is C22H21NO3. The molecule has 4 nitrogen and oxygen atoms in total. The van der Waals surface area contributed by atoms with Crippen LogP contribution in [-0.2, 0) is 4.79 Å². The van der Waals surface area contributed by atoms with Crippen LogP contribution in [0.25, 0.3) is 10.8 Å². The lowest BCUT2D eigenvalue weighted by Gasteiger charge is -2.18. The van der Waals surface area contributed by atoms with E-state index in [0.29, 0.717) is 17.7 Å². The van der Waals surface area contributed by atoms with E-state index in [2.05, 4.69) is 0 Å². The van der Waals surface area contributed by atoms with Gasteiger partial charge in [0.25, 0.3) is 5.91 Å². The summed E-state index contributed by atoms with van der Waals surface area (Å²) in [5, 5.41) is 2.22. The maximum absolute atomic E-state index is 12.4. The fraction of sp³-hybridized carbons (Fsp3) is 0.182. The lowest BCUT2D eigenvalue weighted by atomic mass is 10.1. The summed E-state index contributed by atoms with van der Waals surface area (Å²) in [5.41, 5.74) is 1.47. The molecule has 0 spiro atoms. The smallest absolute Gasteiger partial charge is 0.264 e.